The second-order valence-electron chi connectivity index (χ2n) is 1.22. The second-order valence-corrected chi connectivity index (χ2v) is 1.22. The van der Waals surface area contributed by atoms with E-state index in [1.807, 2.05) is 0 Å². The minimum absolute atomic E-state index is 0. The largest absolute Gasteiger partial charge is 2.00 e. The maximum Gasteiger partial charge on any atom is 2.00 e. The molecule has 0 bridgehead atoms. The van der Waals surface area contributed by atoms with Crippen LogP contribution >= 0.6 is 0 Å². The summed E-state index contributed by atoms with van der Waals surface area (Å²) < 4.78 is 0. The first kappa shape index (κ1) is 9.77. The molecule has 0 atom stereocenters. The molecule has 1 rings (SSSR count). The predicted octanol–water partition coefficient (Wildman–Crippen LogP) is 1.82. The Balaban J connectivity index is 0. The van der Waals surface area contributed by atoms with Crippen molar-refractivity contribution in [1.82, 2.24) is 0 Å². The molecule has 0 aromatic heterocycles. The van der Waals surface area contributed by atoms with Gasteiger partial charge in [0.05, 0.1) is 0 Å². The van der Waals surface area contributed by atoms with Gasteiger partial charge in [-0.25, -0.2) is 0 Å². The average Bonchev–Trinajstić information content (AvgIpc) is 0.722. The normalized spacial score (nSPS) is 16.0. The van der Waals surface area contributed by atoms with Gasteiger partial charge < -0.3 is 13.8 Å². The molecule has 0 amide bonds. The van der Waals surface area contributed by atoms with Gasteiger partial charge in [-0.1, -0.05) is 0 Å². The van der Waals surface area contributed by atoms with Crippen LogP contribution in [-0.4, -0.2) is 0 Å². The molecule has 1 aliphatic carbocycles. The van der Waals surface area contributed by atoms with Crippen LogP contribution in [0.5, 0.6) is 0 Å². The van der Waals surface area contributed by atoms with Crippen LogP contribution in [0.25, 0.3) is 0 Å². The monoisotopic (exact) mass is 121 g/mol. The zero-order valence-corrected chi connectivity index (χ0v) is 5.54. The molecule has 0 aromatic rings. The molecule has 35 valence electrons. The molecule has 0 unspecified atom stereocenters. The minimum Gasteiger partial charge on any atom is -0.358 e. The Morgan fingerprint density at radius 2 is 1.33 bits per heavy atom. The Hall–Kier alpha value is 0.584. The van der Waals surface area contributed by atoms with Crippen molar-refractivity contribution < 1.29 is 18.6 Å². The molecule has 1 aliphatic rings. The van der Waals surface area contributed by atoms with Crippen LogP contribution in [0.4, 0.5) is 0 Å². The average molecular weight is 121 g/mol. The van der Waals surface area contributed by atoms with Gasteiger partial charge in [0.1, 0.15) is 0 Å². The molecule has 6 heavy (non-hydrogen) atoms. The first-order valence-electron chi connectivity index (χ1n) is 1.82. The van der Waals surface area contributed by atoms with E-state index in [1.54, 1.807) is 0 Å². The van der Waals surface area contributed by atoms with Gasteiger partial charge in [-0.3, -0.25) is 0 Å². The van der Waals surface area contributed by atoms with Crippen molar-refractivity contribution in [2.75, 3.05) is 0 Å². The summed E-state index contributed by atoms with van der Waals surface area (Å²) in [4.78, 5) is 0. The van der Waals surface area contributed by atoms with E-state index in [2.05, 4.69) is 6.42 Å². The van der Waals surface area contributed by atoms with Crippen LogP contribution in [-0.2, 0) is 18.6 Å². The third kappa shape index (κ3) is 2.80. The summed E-state index contributed by atoms with van der Waals surface area (Å²) in [5, 5.41) is 0. The molecular formula is C5H10V. The molecule has 0 N–H and O–H groups in total. The molecule has 1 saturated carbocycles. The third-order valence-electron chi connectivity index (χ3n) is 0.816. The van der Waals surface area contributed by atoms with Crippen molar-refractivity contribution in [3.63, 3.8) is 0 Å². The number of hydrogen-bond donors (Lipinski definition) is 0. The molecule has 0 spiro atoms. The first-order valence-corrected chi connectivity index (χ1v) is 1.82. The quantitative estimate of drug-likeness (QED) is 0.429. The Morgan fingerprint density at radius 1 is 1.17 bits per heavy atom. The summed E-state index contributed by atoms with van der Waals surface area (Å²) in [6.45, 7) is 0. The van der Waals surface area contributed by atoms with Gasteiger partial charge in [0, 0.05) is 0 Å². The van der Waals surface area contributed by atoms with Crippen molar-refractivity contribution in [1.29, 1.82) is 0 Å². The van der Waals surface area contributed by atoms with Gasteiger partial charge in [0.15, 0.2) is 0 Å². The van der Waals surface area contributed by atoms with E-state index < -0.39 is 0 Å². The number of hydrogen-bond acceptors (Lipinski definition) is 0. The van der Waals surface area contributed by atoms with Crippen molar-refractivity contribution in [3.05, 3.63) is 13.8 Å². The molecule has 0 nitrogen and oxygen atoms in total. The molecule has 0 heterocycles. The van der Waals surface area contributed by atoms with Gasteiger partial charge in [-0.2, -0.15) is 12.8 Å². The van der Waals surface area contributed by atoms with Crippen LogP contribution in [0.1, 0.15) is 19.3 Å². The molecular weight excluding hydrogens is 111 g/mol. The minimum atomic E-state index is 0. The Labute approximate surface area is 52.2 Å². The van der Waals surface area contributed by atoms with E-state index in [0.717, 1.165) is 0 Å². The zero-order chi connectivity index (χ0) is 2.83. The van der Waals surface area contributed by atoms with Crippen LogP contribution in [0.2, 0.25) is 0 Å². The summed E-state index contributed by atoms with van der Waals surface area (Å²) in [5.74, 6) is 0. The maximum atomic E-state index is 2.31. The summed E-state index contributed by atoms with van der Waals surface area (Å²) in [6, 6.07) is 0. The van der Waals surface area contributed by atoms with E-state index in [9.17, 15) is 0 Å². The molecule has 1 heteroatoms. The third-order valence-corrected chi connectivity index (χ3v) is 0.816. The molecule has 0 aliphatic heterocycles. The van der Waals surface area contributed by atoms with E-state index in [-0.39, 0.29) is 26.0 Å². The SMILES string of the molecule is [CH-]1CCC1.[CH3-].[V+2]. The van der Waals surface area contributed by atoms with Gasteiger partial charge in [0.2, 0.25) is 0 Å². The van der Waals surface area contributed by atoms with Crippen molar-refractivity contribution in [3.8, 4) is 0 Å². The van der Waals surface area contributed by atoms with Gasteiger partial charge in [-0.05, 0) is 0 Å². The first-order chi connectivity index (χ1) is 2.00. The predicted molar refractivity (Wildman–Crippen MR) is 24.6 cm³/mol. The number of rotatable bonds is 0. The molecule has 1 radical (unpaired) electrons. The summed E-state index contributed by atoms with van der Waals surface area (Å²) in [7, 11) is 0. The summed E-state index contributed by atoms with van der Waals surface area (Å²) in [5.41, 5.74) is 0. The fourth-order valence-corrected chi connectivity index (χ4v) is 0.204. The van der Waals surface area contributed by atoms with E-state index >= 15 is 0 Å². The smallest absolute Gasteiger partial charge is 0.358 e. The molecule has 1 fully saturated rings. The molecule has 0 aromatic carbocycles. The van der Waals surface area contributed by atoms with Gasteiger partial charge in [-0.15, -0.1) is 6.42 Å². The zero-order valence-electron chi connectivity index (χ0n) is 4.15. The van der Waals surface area contributed by atoms with E-state index in [0.29, 0.717) is 0 Å². The van der Waals surface area contributed by atoms with Crippen molar-refractivity contribution in [2.45, 2.75) is 19.3 Å². The summed E-state index contributed by atoms with van der Waals surface area (Å²) >= 11 is 0. The van der Waals surface area contributed by atoms with Crippen molar-refractivity contribution >= 4 is 0 Å². The van der Waals surface area contributed by atoms with Crippen LogP contribution in [0.3, 0.4) is 0 Å². The topological polar surface area (TPSA) is 0 Å². The second kappa shape index (κ2) is 5.58. The Bertz CT molecular complexity index is 11.9. The standard InChI is InChI=1S/C4H7.CH3.V/c1-2-4-3-1;;/h1H,2-4H2;1H3;/q2*-1;+2. The fourth-order valence-electron chi connectivity index (χ4n) is 0.204. The van der Waals surface area contributed by atoms with Crippen LogP contribution < -0.4 is 0 Å². The summed E-state index contributed by atoms with van der Waals surface area (Å²) in [6.07, 6.45) is 6.50. The van der Waals surface area contributed by atoms with Gasteiger partial charge in [0.25, 0.3) is 0 Å². The Kier molecular flexibility index (Phi) is 9.09. The Morgan fingerprint density at radius 3 is 1.33 bits per heavy atom. The maximum absolute atomic E-state index is 2.31. The van der Waals surface area contributed by atoms with E-state index in [1.165, 1.54) is 19.3 Å². The fraction of sp³-hybridized carbons (Fsp3) is 0.600. The van der Waals surface area contributed by atoms with Gasteiger partial charge >= 0.3 is 18.6 Å². The van der Waals surface area contributed by atoms with Crippen LogP contribution in [0, 0.1) is 13.8 Å². The molecule has 0 saturated heterocycles. The van der Waals surface area contributed by atoms with E-state index in [4.69, 9.17) is 0 Å². The van der Waals surface area contributed by atoms with Crippen molar-refractivity contribution in [2.24, 2.45) is 0 Å². The van der Waals surface area contributed by atoms with Crippen LogP contribution in [0.15, 0.2) is 0 Å².